The van der Waals surface area contributed by atoms with Crippen LogP contribution in [-0.4, -0.2) is 24.5 Å². The molecule has 0 spiro atoms. The number of amides is 1. The van der Waals surface area contributed by atoms with Crippen LogP contribution >= 0.6 is 0 Å². The van der Waals surface area contributed by atoms with Gasteiger partial charge in [0, 0.05) is 12.2 Å². The van der Waals surface area contributed by atoms with Gasteiger partial charge < -0.3 is 21.5 Å². The van der Waals surface area contributed by atoms with E-state index in [1.807, 2.05) is 0 Å². The summed E-state index contributed by atoms with van der Waals surface area (Å²) < 4.78 is 4.79. The van der Waals surface area contributed by atoms with Crippen LogP contribution in [0.4, 0.5) is 5.69 Å². The van der Waals surface area contributed by atoms with E-state index in [1.54, 1.807) is 18.2 Å². The molecule has 2 rings (SSSR count). The molecule has 1 aromatic carbocycles. The Morgan fingerprint density at radius 1 is 1.26 bits per heavy atom. The number of nitrogens with two attached hydrogens (primary N) is 2. The van der Waals surface area contributed by atoms with Gasteiger partial charge in [-0.2, -0.15) is 0 Å². The lowest BCUT2D eigenvalue weighted by molar-refractivity contribution is -0.142. The van der Waals surface area contributed by atoms with Crippen molar-refractivity contribution in [1.82, 2.24) is 5.32 Å². The summed E-state index contributed by atoms with van der Waals surface area (Å²) in [6.45, 7) is 0.373. The number of carbonyl (C=O) groups is 2. The summed E-state index contributed by atoms with van der Waals surface area (Å²) in [6.07, 6.45) is 4.82. The first-order valence-electron chi connectivity index (χ1n) is 7.97. The van der Waals surface area contributed by atoms with Crippen molar-refractivity contribution in [3.63, 3.8) is 0 Å². The van der Waals surface area contributed by atoms with Crippen molar-refractivity contribution in [3.05, 3.63) is 29.3 Å². The highest BCUT2D eigenvalue weighted by Gasteiger charge is 2.36. The zero-order valence-corrected chi connectivity index (χ0v) is 13.6. The van der Waals surface area contributed by atoms with Crippen LogP contribution < -0.4 is 16.8 Å². The van der Waals surface area contributed by atoms with Crippen LogP contribution in [0.3, 0.4) is 0 Å². The molecule has 23 heavy (non-hydrogen) atoms. The summed E-state index contributed by atoms with van der Waals surface area (Å²) in [7, 11) is 1.37. The number of carbonyl (C=O) groups excluding carboxylic acids is 2. The molecule has 0 bridgehead atoms. The Kier molecular flexibility index (Phi) is 5.60. The Balaban J connectivity index is 2.18. The van der Waals surface area contributed by atoms with Crippen LogP contribution in [0, 0.1) is 0 Å². The highest BCUT2D eigenvalue weighted by atomic mass is 16.5. The van der Waals surface area contributed by atoms with Crippen LogP contribution in [0.15, 0.2) is 18.2 Å². The van der Waals surface area contributed by atoms with Gasteiger partial charge in [-0.05, 0) is 30.5 Å². The molecule has 126 valence electrons. The van der Waals surface area contributed by atoms with E-state index < -0.39 is 5.54 Å². The number of esters is 1. The molecular weight excluding hydrogens is 294 g/mol. The molecule has 6 heteroatoms. The minimum absolute atomic E-state index is 0.191. The Bertz CT molecular complexity index is 580. The summed E-state index contributed by atoms with van der Waals surface area (Å²) in [5, 5.41) is 3.04. The quantitative estimate of drug-likeness (QED) is 0.566. The maximum Gasteiger partial charge on any atom is 0.307 e. The van der Waals surface area contributed by atoms with Gasteiger partial charge in [-0.15, -0.1) is 0 Å². The summed E-state index contributed by atoms with van der Waals surface area (Å²) in [5.74, 6) is -0.560. The fourth-order valence-electron chi connectivity index (χ4n) is 3.18. The zero-order chi connectivity index (χ0) is 16.9. The minimum Gasteiger partial charge on any atom is -0.469 e. The first-order chi connectivity index (χ1) is 11.0. The lowest BCUT2D eigenvalue weighted by Crippen LogP contribution is -2.51. The molecule has 1 saturated carbocycles. The molecular formula is C17H25N3O3. The third-order valence-corrected chi connectivity index (χ3v) is 4.50. The first kappa shape index (κ1) is 17.3. The molecule has 0 heterocycles. The van der Waals surface area contributed by atoms with E-state index in [0.717, 1.165) is 37.7 Å². The predicted molar refractivity (Wildman–Crippen MR) is 88.7 cm³/mol. The molecule has 0 unspecified atom stereocenters. The van der Waals surface area contributed by atoms with Gasteiger partial charge in [0.1, 0.15) is 0 Å². The van der Waals surface area contributed by atoms with E-state index in [0.29, 0.717) is 17.8 Å². The van der Waals surface area contributed by atoms with E-state index in [9.17, 15) is 9.59 Å². The molecule has 0 aliphatic heterocycles. The standard InChI is InChI=1S/C17H25N3O3/c1-23-15(21)10-17(7-3-2-4-8-17)20-16(22)13-6-5-12(11-18)9-14(13)19/h5-6,9H,2-4,7-8,10-11,18-19H2,1H3,(H,20,22). The Morgan fingerprint density at radius 2 is 1.96 bits per heavy atom. The zero-order valence-electron chi connectivity index (χ0n) is 13.6. The maximum atomic E-state index is 12.6. The average molecular weight is 319 g/mol. The molecule has 0 radical (unpaired) electrons. The van der Waals surface area contributed by atoms with Crippen molar-refractivity contribution in [2.24, 2.45) is 5.73 Å². The minimum atomic E-state index is -0.540. The second kappa shape index (κ2) is 7.46. The fraction of sp³-hybridized carbons (Fsp3) is 0.529. The highest BCUT2D eigenvalue weighted by molar-refractivity contribution is 5.99. The maximum absolute atomic E-state index is 12.6. The number of nitrogen functional groups attached to an aromatic ring is 1. The summed E-state index contributed by atoms with van der Waals surface area (Å²) in [4.78, 5) is 24.4. The molecule has 0 aromatic heterocycles. The lowest BCUT2D eigenvalue weighted by Gasteiger charge is -2.37. The number of methoxy groups -OCH3 is 1. The van der Waals surface area contributed by atoms with Crippen molar-refractivity contribution in [1.29, 1.82) is 0 Å². The van der Waals surface area contributed by atoms with Gasteiger partial charge >= 0.3 is 5.97 Å². The smallest absolute Gasteiger partial charge is 0.307 e. The molecule has 1 aromatic rings. The van der Waals surface area contributed by atoms with E-state index in [2.05, 4.69) is 5.32 Å². The number of hydrogen-bond donors (Lipinski definition) is 3. The Hall–Kier alpha value is -2.08. The van der Waals surface area contributed by atoms with Crippen LogP contribution in [0.1, 0.15) is 54.4 Å². The molecule has 1 aliphatic carbocycles. The van der Waals surface area contributed by atoms with Gasteiger partial charge in [-0.3, -0.25) is 9.59 Å². The van der Waals surface area contributed by atoms with Crippen LogP contribution in [0.25, 0.3) is 0 Å². The van der Waals surface area contributed by atoms with Gasteiger partial charge in [0.25, 0.3) is 5.91 Å². The number of rotatable bonds is 5. The second-order valence-corrected chi connectivity index (χ2v) is 6.17. The molecule has 1 amide bonds. The molecule has 0 saturated heterocycles. The Morgan fingerprint density at radius 3 is 2.52 bits per heavy atom. The number of benzene rings is 1. The predicted octanol–water partition coefficient (Wildman–Crippen LogP) is 1.72. The second-order valence-electron chi connectivity index (χ2n) is 6.17. The summed E-state index contributed by atoms with van der Waals surface area (Å²) >= 11 is 0. The summed E-state index contributed by atoms with van der Waals surface area (Å²) in [6, 6.07) is 5.18. The number of hydrogen-bond acceptors (Lipinski definition) is 5. The number of ether oxygens (including phenoxy) is 1. The normalized spacial score (nSPS) is 16.6. The molecule has 6 nitrogen and oxygen atoms in total. The third kappa shape index (κ3) is 4.22. The molecule has 5 N–H and O–H groups in total. The fourth-order valence-corrected chi connectivity index (χ4v) is 3.18. The molecule has 0 atom stereocenters. The van der Waals surface area contributed by atoms with Gasteiger partial charge in [0.2, 0.25) is 0 Å². The van der Waals surface area contributed by atoms with Crippen molar-refractivity contribution in [2.45, 2.75) is 50.6 Å². The summed E-state index contributed by atoms with van der Waals surface area (Å²) in [5.41, 5.74) is 12.7. The van der Waals surface area contributed by atoms with Gasteiger partial charge in [-0.1, -0.05) is 25.3 Å². The average Bonchev–Trinajstić information content (AvgIpc) is 2.55. The van der Waals surface area contributed by atoms with E-state index in [4.69, 9.17) is 16.2 Å². The Labute approximate surface area is 136 Å². The van der Waals surface area contributed by atoms with E-state index >= 15 is 0 Å². The monoisotopic (exact) mass is 319 g/mol. The highest BCUT2D eigenvalue weighted by Crippen LogP contribution is 2.32. The molecule has 1 aliphatic rings. The molecule has 1 fully saturated rings. The van der Waals surface area contributed by atoms with Crippen molar-refractivity contribution in [2.75, 3.05) is 12.8 Å². The number of nitrogens with one attached hydrogen (secondary N) is 1. The van der Waals surface area contributed by atoms with Crippen molar-refractivity contribution >= 4 is 17.6 Å². The van der Waals surface area contributed by atoms with Crippen LogP contribution in [0.2, 0.25) is 0 Å². The SMILES string of the molecule is COC(=O)CC1(NC(=O)c2ccc(CN)cc2N)CCCCC1. The van der Waals surface area contributed by atoms with Gasteiger partial charge in [0.15, 0.2) is 0 Å². The van der Waals surface area contributed by atoms with Gasteiger partial charge in [-0.25, -0.2) is 0 Å². The van der Waals surface area contributed by atoms with Crippen LogP contribution in [0.5, 0.6) is 0 Å². The van der Waals surface area contributed by atoms with Crippen LogP contribution in [-0.2, 0) is 16.1 Å². The third-order valence-electron chi connectivity index (χ3n) is 4.50. The van der Waals surface area contributed by atoms with Gasteiger partial charge in [0.05, 0.1) is 24.6 Å². The van der Waals surface area contributed by atoms with Crippen molar-refractivity contribution < 1.29 is 14.3 Å². The largest absolute Gasteiger partial charge is 0.469 e. The number of anilines is 1. The van der Waals surface area contributed by atoms with E-state index in [-0.39, 0.29) is 18.3 Å². The first-order valence-corrected chi connectivity index (χ1v) is 7.97. The lowest BCUT2D eigenvalue weighted by atomic mass is 9.79. The van der Waals surface area contributed by atoms with E-state index in [1.165, 1.54) is 7.11 Å². The topological polar surface area (TPSA) is 107 Å². The van der Waals surface area contributed by atoms with Crippen molar-refractivity contribution in [3.8, 4) is 0 Å².